The highest BCUT2D eigenvalue weighted by molar-refractivity contribution is 5.80. The Hall–Kier alpha value is -3.16. The lowest BCUT2D eigenvalue weighted by Crippen LogP contribution is -2.44. The van der Waals surface area contributed by atoms with E-state index in [4.69, 9.17) is 9.72 Å². The maximum atomic E-state index is 12.5. The molecule has 2 heterocycles. The fourth-order valence-corrected chi connectivity index (χ4v) is 3.90. The van der Waals surface area contributed by atoms with E-state index in [-0.39, 0.29) is 12.6 Å². The zero-order valence-corrected chi connectivity index (χ0v) is 19.5. The third-order valence-electron chi connectivity index (χ3n) is 5.58. The second-order valence-corrected chi connectivity index (χ2v) is 8.11. The number of amides is 2. The van der Waals surface area contributed by atoms with Crippen molar-refractivity contribution in [3.05, 3.63) is 52.5 Å². The van der Waals surface area contributed by atoms with Crippen molar-refractivity contribution in [1.29, 1.82) is 0 Å². The average molecular weight is 440 g/mol. The molecule has 0 saturated carbocycles. The quantitative estimate of drug-likeness (QED) is 0.697. The Kier molecular flexibility index (Phi) is 8.03. The molecule has 32 heavy (non-hydrogen) atoms. The number of rotatable bonds is 6. The molecule has 172 valence electrons. The van der Waals surface area contributed by atoms with Crippen LogP contribution in [0.3, 0.4) is 0 Å². The molecule has 0 spiro atoms. The molecule has 3 rings (SSSR count). The molecule has 2 aromatic rings. The average Bonchev–Trinajstić information content (AvgIpc) is 3.02. The summed E-state index contributed by atoms with van der Waals surface area (Å²) in [5, 5.41) is 2.65. The van der Waals surface area contributed by atoms with Crippen LogP contribution in [0.2, 0.25) is 0 Å². The zero-order chi connectivity index (χ0) is 23.1. The Morgan fingerprint density at radius 1 is 1.03 bits per heavy atom. The van der Waals surface area contributed by atoms with Gasteiger partial charge in [-0.1, -0.05) is 29.8 Å². The number of esters is 1. The molecular weight excluding hydrogens is 406 g/mol. The molecule has 2 amide bonds. The van der Waals surface area contributed by atoms with Gasteiger partial charge in [-0.2, -0.15) is 0 Å². The SMILES string of the molecule is CCOC(=O)CNC(=O)N1CCCN(c2nc(C)nc(C)c2Cc2ccc(C)cc2)CC1. The molecule has 0 unspecified atom stereocenters. The number of nitrogens with zero attached hydrogens (tertiary/aromatic N) is 4. The summed E-state index contributed by atoms with van der Waals surface area (Å²) in [6.07, 6.45) is 1.58. The standard InChI is InChI=1S/C24H33N5O3/c1-5-32-22(30)16-25-24(31)29-12-6-11-28(13-14-29)23-21(18(3)26-19(4)27-23)15-20-9-7-17(2)8-10-20/h7-10H,5-6,11-16H2,1-4H3,(H,25,31). The van der Waals surface area contributed by atoms with E-state index in [0.29, 0.717) is 26.2 Å². The van der Waals surface area contributed by atoms with Gasteiger partial charge >= 0.3 is 12.0 Å². The third kappa shape index (κ3) is 6.18. The van der Waals surface area contributed by atoms with Crippen molar-refractivity contribution < 1.29 is 14.3 Å². The van der Waals surface area contributed by atoms with Gasteiger partial charge in [-0.3, -0.25) is 4.79 Å². The van der Waals surface area contributed by atoms with E-state index in [1.54, 1.807) is 11.8 Å². The molecule has 1 aliphatic rings. The van der Waals surface area contributed by atoms with Gasteiger partial charge in [0.2, 0.25) is 0 Å². The molecule has 0 bridgehead atoms. The van der Waals surface area contributed by atoms with Gasteiger partial charge in [-0.05, 0) is 39.7 Å². The summed E-state index contributed by atoms with van der Waals surface area (Å²) in [7, 11) is 0. The molecule has 1 saturated heterocycles. The summed E-state index contributed by atoms with van der Waals surface area (Å²) < 4.78 is 4.88. The lowest BCUT2D eigenvalue weighted by atomic mass is 10.0. The highest BCUT2D eigenvalue weighted by Gasteiger charge is 2.23. The first-order chi connectivity index (χ1) is 15.4. The van der Waals surface area contributed by atoms with Crippen LogP contribution in [0.25, 0.3) is 0 Å². The minimum atomic E-state index is -0.426. The van der Waals surface area contributed by atoms with Gasteiger partial charge in [0.1, 0.15) is 18.2 Å². The lowest BCUT2D eigenvalue weighted by Gasteiger charge is -2.26. The number of aromatic nitrogens is 2. The van der Waals surface area contributed by atoms with Crippen molar-refractivity contribution in [2.24, 2.45) is 0 Å². The molecule has 8 heteroatoms. The van der Waals surface area contributed by atoms with Gasteiger partial charge in [-0.15, -0.1) is 0 Å². The summed E-state index contributed by atoms with van der Waals surface area (Å²) in [4.78, 5) is 37.4. The van der Waals surface area contributed by atoms with Crippen molar-refractivity contribution in [3.8, 4) is 0 Å². The summed E-state index contributed by atoms with van der Waals surface area (Å²) >= 11 is 0. The van der Waals surface area contributed by atoms with Crippen LogP contribution in [0, 0.1) is 20.8 Å². The maximum absolute atomic E-state index is 12.5. The first kappa shape index (κ1) is 23.5. The van der Waals surface area contributed by atoms with Crippen LogP contribution in [0.1, 0.15) is 41.6 Å². The normalized spacial score (nSPS) is 14.1. The summed E-state index contributed by atoms with van der Waals surface area (Å²) in [5.41, 5.74) is 4.57. The number of ether oxygens (including phenoxy) is 1. The first-order valence-electron chi connectivity index (χ1n) is 11.2. The monoisotopic (exact) mass is 439 g/mol. The van der Waals surface area contributed by atoms with Gasteiger partial charge in [0.25, 0.3) is 0 Å². The number of carbonyl (C=O) groups is 2. The number of benzene rings is 1. The molecule has 0 aliphatic carbocycles. The molecule has 0 atom stereocenters. The van der Waals surface area contributed by atoms with Gasteiger partial charge in [0, 0.05) is 43.9 Å². The van der Waals surface area contributed by atoms with Gasteiger partial charge < -0.3 is 19.9 Å². The summed E-state index contributed by atoms with van der Waals surface area (Å²) in [5.74, 6) is 1.27. The van der Waals surface area contributed by atoms with Crippen molar-refractivity contribution in [3.63, 3.8) is 0 Å². The largest absolute Gasteiger partial charge is 0.465 e. The van der Waals surface area contributed by atoms with E-state index < -0.39 is 5.97 Å². The molecule has 1 aromatic heterocycles. The fraction of sp³-hybridized carbons (Fsp3) is 0.500. The molecule has 1 aliphatic heterocycles. The number of aryl methyl sites for hydroxylation is 3. The number of urea groups is 1. The first-order valence-corrected chi connectivity index (χ1v) is 11.2. The molecular formula is C24H33N5O3. The van der Waals surface area contributed by atoms with Crippen LogP contribution in [-0.2, 0) is 16.0 Å². The van der Waals surface area contributed by atoms with Crippen molar-refractivity contribution in [2.75, 3.05) is 44.2 Å². The second kappa shape index (κ2) is 10.9. The Balaban J connectivity index is 1.72. The summed E-state index contributed by atoms with van der Waals surface area (Å²) in [6, 6.07) is 8.30. The second-order valence-electron chi connectivity index (χ2n) is 8.11. The van der Waals surface area contributed by atoms with Crippen LogP contribution >= 0.6 is 0 Å². The van der Waals surface area contributed by atoms with Crippen LogP contribution in [0.15, 0.2) is 24.3 Å². The van der Waals surface area contributed by atoms with Crippen LogP contribution in [0.4, 0.5) is 10.6 Å². The molecule has 1 fully saturated rings. The smallest absolute Gasteiger partial charge is 0.325 e. The molecule has 0 radical (unpaired) electrons. The van der Waals surface area contributed by atoms with Crippen LogP contribution < -0.4 is 10.2 Å². The summed E-state index contributed by atoms with van der Waals surface area (Å²) in [6.45, 7) is 10.6. The highest BCUT2D eigenvalue weighted by Crippen LogP contribution is 2.25. The van der Waals surface area contributed by atoms with E-state index in [0.717, 1.165) is 42.3 Å². The van der Waals surface area contributed by atoms with Gasteiger partial charge in [0.15, 0.2) is 0 Å². The third-order valence-corrected chi connectivity index (χ3v) is 5.58. The number of anilines is 1. The number of nitrogens with one attached hydrogen (secondary N) is 1. The van der Waals surface area contributed by atoms with E-state index in [1.165, 1.54) is 11.1 Å². The van der Waals surface area contributed by atoms with Crippen molar-refractivity contribution >= 4 is 17.8 Å². The van der Waals surface area contributed by atoms with E-state index in [9.17, 15) is 9.59 Å². The highest BCUT2D eigenvalue weighted by atomic mass is 16.5. The van der Waals surface area contributed by atoms with E-state index in [2.05, 4.69) is 46.4 Å². The molecule has 1 aromatic carbocycles. The van der Waals surface area contributed by atoms with E-state index >= 15 is 0 Å². The zero-order valence-electron chi connectivity index (χ0n) is 19.5. The Morgan fingerprint density at radius 2 is 1.78 bits per heavy atom. The Morgan fingerprint density at radius 3 is 2.50 bits per heavy atom. The fourth-order valence-electron chi connectivity index (χ4n) is 3.90. The topological polar surface area (TPSA) is 87.7 Å². The number of hydrogen-bond acceptors (Lipinski definition) is 6. The molecule has 8 nitrogen and oxygen atoms in total. The molecule has 1 N–H and O–H groups in total. The van der Waals surface area contributed by atoms with Crippen molar-refractivity contribution in [2.45, 2.75) is 40.5 Å². The van der Waals surface area contributed by atoms with Gasteiger partial charge in [-0.25, -0.2) is 14.8 Å². The number of hydrogen-bond donors (Lipinski definition) is 1. The maximum Gasteiger partial charge on any atom is 0.325 e. The predicted octanol–water partition coefficient (Wildman–Crippen LogP) is 2.78. The minimum Gasteiger partial charge on any atom is -0.465 e. The van der Waals surface area contributed by atoms with Gasteiger partial charge in [0.05, 0.1) is 6.61 Å². The predicted molar refractivity (Wildman–Crippen MR) is 124 cm³/mol. The Bertz CT molecular complexity index is 945. The van der Waals surface area contributed by atoms with E-state index in [1.807, 2.05) is 13.8 Å². The van der Waals surface area contributed by atoms with Crippen molar-refractivity contribution in [1.82, 2.24) is 20.2 Å². The van der Waals surface area contributed by atoms with Crippen LogP contribution in [-0.4, -0.2) is 66.2 Å². The number of carbonyl (C=O) groups excluding carboxylic acids is 2. The Labute approximate surface area is 190 Å². The minimum absolute atomic E-state index is 0.113. The lowest BCUT2D eigenvalue weighted by molar-refractivity contribution is -0.141. The van der Waals surface area contributed by atoms with Crippen LogP contribution in [0.5, 0.6) is 0 Å².